The van der Waals surface area contributed by atoms with Gasteiger partial charge in [0.1, 0.15) is 18.9 Å². The average molecular weight is 592 g/mol. The standard InChI is InChI=1S/C33H34ClNO7/c1-32(2)12-22-29(24(36)14-32)28(30-23(35(22)16-27(38)39)13-33(3,4)15-25(30)37)21-11-20(34)9-10-26(21)42-17-18-5-7-19(8-6-18)31(40)41/h5-11,28H,12-17H2,1-4H3,(H,38,39)(H,40,41). The van der Waals surface area contributed by atoms with Gasteiger partial charge in [-0.05, 0) is 59.6 Å². The molecule has 220 valence electrons. The van der Waals surface area contributed by atoms with E-state index in [9.17, 15) is 29.4 Å². The first kappa shape index (κ1) is 29.6. The molecule has 2 N–H and O–H groups in total. The first-order valence-electron chi connectivity index (χ1n) is 13.9. The van der Waals surface area contributed by atoms with Crippen molar-refractivity contribution in [2.75, 3.05) is 6.54 Å². The molecule has 0 fully saturated rings. The Morgan fingerprint density at radius 1 is 0.881 bits per heavy atom. The summed E-state index contributed by atoms with van der Waals surface area (Å²) in [5.74, 6) is -2.63. The third-order valence-electron chi connectivity index (χ3n) is 8.19. The van der Waals surface area contributed by atoms with Crippen LogP contribution in [0.1, 0.15) is 80.8 Å². The van der Waals surface area contributed by atoms with Crippen molar-refractivity contribution >= 4 is 35.1 Å². The van der Waals surface area contributed by atoms with E-state index in [4.69, 9.17) is 16.3 Å². The fourth-order valence-corrected chi connectivity index (χ4v) is 6.65. The van der Waals surface area contributed by atoms with Crippen molar-refractivity contribution in [3.8, 4) is 5.75 Å². The number of hydrogen-bond acceptors (Lipinski definition) is 6. The maximum absolute atomic E-state index is 13.9. The maximum atomic E-state index is 13.9. The number of Topliss-reactive ketones (excluding diaryl/α,β-unsaturated/α-hetero) is 2. The number of benzene rings is 2. The van der Waals surface area contributed by atoms with Crippen molar-refractivity contribution in [2.24, 2.45) is 10.8 Å². The van der Waals surface area contributed by atoms with Gasteiger partial charge < -0.3 is 19.8 Å². The summed E-state index contributed by atoms with van der Waals surface area (Å²) < 4.78 is 6.25. The third-order valence-corrected chi connectivity index (χ3v) is 8.43. The Labute approximate surface area is 249 Å². The summed E-state index contributed by atoms with van der Waals surface area (Å²) in [4.78, 5) is 52.9. The molecule has 0 aromatic heterocycles. The Hall–Kier alpha value is -3.91. The molecule has 0 spiro atoms. The van der Waals surface area contributed by atoms with Crippen LogP contribution in [0.15, 0.2) is 65.0 Å². The number of allylic oxidation sites excluding steroid dienone is 4. The van der Waals surface area contributed by atoms with Crippen molar-refractivity contribution in [3.05, 3.63) is 86.7 Å². The minimum atomic E-state index is -1.04. The van der Waals surface area contributed by atoms with E-state index in [-0.39, 0.29) is 54.0 Å². The lowest BCUT2D eigenvalue weighted by atomic mass is 9.63. The number of carboxylic acids is 2. The van der Waals surface area contributed by atoms with E-state index in [1.165, 1.54) is 12.1 Å². The van der Waals surface area contributed by atoms with Crippen molar-refractivity contribution < 1.29 is 34.1 Å². The van der Waals surface area contributed by atoms with Gasteiger partial charge in [0.15, 0.2) is 11.6 Å². The van der Waals surface area contributed by atoms with Crippen molar-refractivity contribution in [2.45, 2.75) is 65.9 Å². The molecule has 0 atom stereocenters. The number of hydrogen-bond donors (Lipinski definition) is 2. The van der Waals surface area contributed by atoms with Crippen molar-refractivity contribution in [3.63, 3.8) is 0 Å². The molecule has 1 aliphatic heterocycles. The number of ketones is 2. The van der Waals surface area contributed by atoms with E-state index in [1.54, 1.807) is 35.2 Å². The summed E-state index contributed by atoms with van der Waals surface area (Å²) in [5.41, 5.74) is 2.84. The summed E-state index contributed by atoms with van der Waals surface area (Å²) in [6, 6.07) is 11.4. The van der Waals surface area contributed by atoms with E-state index in [2.05, 4.69) is 0 Å². The molecule has 8 nitrogen and oxygen atoms in total. The van der Waals surface area contributed by atoms with Crippen molar-refractivity contribution in [1.29, 1.82) is 0 Å². The summed E-state index contributed by atoms with van der Waals surface area (Å²) in [5, 5.41) is 19.5. The largest absolute Gasteiger partial charge is 0.489 e. The van der Waals surface area contributed by atoms with Crippen LogP contribution in [0.25, 0.3) is 0 Å². The van der Waals surface area contributed by atoms with Gasteiger partial charge in [0.25, 0.3) is 0 Å². The number of aromatic carboxylic acids is 1. The third kappa shape index (κ3) is 5.73. The van der Waals surface area contributed by atoms with E-state index >= 15 is 0 Å². The van der Waals surface area contributed by atoms with Gasteiger partial charge in [-0.3, -0.25) is 14.4 Å². The van der Waals surface area contributed by atoms with Gasteiger partial charge in [-0.25, -0.2) is 4.79 Å². The predicted octanol–water partition coefficient (Wildman–Crippen LogP) is 6.39. The van der Waals surface area contributed by atoms with Gasteiger partial charge in [0.05, 0.1) is 5.56 Å². The number of carbonyl (C=O) groups excluding carboxylic acids is 2. The van der Waals surface area contributed by atoms with Gasteiger partial charge in [-0.1, -0.05) is 51.4 Å². The number of carboxylic acid groups (broad SMARTS) is 2. The highest BCUT2D eigenvalue weighted by atomic mass is 35.5. The molecule has 0 saturated heterocycles. The second-order valence-corrected chi connectivity index (χ2v) is 13.4. The first-order valence-corrected chi connectivity index (χ1v) is 14.3. The van der Waals surface area contributed by atoms with Crippen LogP contribution in [0.3, 0.4) is 0 Å². The van der Waals surface area contributed by atoms with Crippen molar-refractivity contribution in [1.82, 2.24) is 4.90 Å². The number of halogens is 1. The van der Waals surface area contributed by atoms with Crippen LogP contribution in [0.4, 0.5) is 0 Å². The van der Waals surface area contributed by atoms with E-state index < -0.39 is 17.9 Å². The summed E-state index contributed by atoms with van der Waals surface area (Å²) in [7, 11) is 0. The average Bonchev–Trinajstić information content (AvgIpc) is 2.87. The molecule has 0 amide bonds. The van der Waals surface area contributed by atoms with E-state index in [1.807, 2.05) is 27.7 Å². The van der Waals surface area contributed by atoms with Crippen LogP contribution in [0.5, 0.6) is 5.75 Å². The van der Waals surface area contributed by atoms with Gasteiger partial charge in [-0.2, -0.15) is 0 Å². The molecule has 42 heavy (non-hydrogen) atoms. The van der Waals surface area contributed by atoms with E-state index in [0.717, 1.165) is 5.56 Å². The van der Waals surface area contributed by atoms with E-state index in [0.29, 0.717) is 51.7 Å². The molecule has 3 aliphatic rings. The fourth-order valence-electron chi connectivity index (χ4n) is 6.47. The monoisotopic (exact) mass is 591 g/mol. The predicted molar refractivity (Wildman–Crippen MR) is 156 cm³/mol. The highest BCUT2D eigenvalue weighted by Crippen LogP contribution is 2.55. The summed E-state index contributed by atoms with van der Waals surface area (Å²) >= 11 is 6.51. The zero-order chi connectivity index (χ0) is 30.6. The molecule has 2 aromatic rings. The topological polar surface area (TPSA) is 121 Å². The smallest absolute Gasteiger partial charge is 0.335 e. The zero-order valence-electron chi connectivity index (χ0n) is 24.1. The lowest BCUT2D eigenvalue weighted by Gasteiger charge is -2.48. The Morgan fingerprint density at radius 2 is 1.43 bits per heavy atom. The normalized spacial score (nSPS) is 19.9. The molecular formula is C33H34ClNO7. The van der Waals surface area contributed by atoms with Gasteiger partial charge in [0, 0.05) is 51.9 Å². The molecule has 1 heterocycles. The summed E-state index contributed by atoms with van der Waals surface area (Å²) in [6.07, 6.45) is 1.49. The molecule has 0 bridgehead atoms. The molecular weight excluding hydrogens is 558 g/mol. The quantitative estimate of drug-likeness (QED) is 0.380. The Kier molecular flexibility index (Phi) is 7.56. The molecule has 2 aromatic carbocycles. The molecule has 5 rings (SSSR count). The zero-order valence-corrected chi connectivity index (χ0v) is 24.9. The number of carbonyl (C=O) groups is 4. The maximum Gasteiger partial charge on any atom is 0.335 e. The molecule has 2 aliphatic carbocycles. The molecule has 0 radical (unpaired) electrons. The lowest BCUT2D eigenvalue weighted by molar-refractivity contribution is -0.138. The second kappa shape index (κ2) is 10.7. The van der Waals surface area contributed by atoms with Gasteiger partial charge >= 0.3 is 11.9 Å². The Balaban J connectivity index is 1.67. The lowest BCUT2D eigenvalue weighted by Crippen LogP contribution is -2.45. The molecule has 9 heteroatoms. The first-order chi connectivity index (χ1) is 19.7. The minimum absolute atomic E-state index is 0.117. The number of nitrogens with zero attached hydrogens (tertiary/aromatic N) is 1. The molecule has 0 saturated carbocycles. The fraction of sp³-hybridized carbons (Fsp3) is 0.394. The SMILES string of the molecule is CC1(C)CC(=O)C2=C(C1)N(CC(=O)O)C1=C(C(=O)CC(C)(C)C1)C2c1cc(Cl)ccc1OCc1ccc(C(=O)O)cc1. The summed E-state index contributed by atoms with van der Waals surface area (Å²) in [6.45, 7) is 7.74. The minimum Gasteiger partial charge on any atom is -0.489 e. The van der Waals surface area contributed by atoms with Gasteiger partial charge in [-0.15, -0.1) is 0 Å². The van der Waals surface area contributed by atoms with Gasteiger partial charge in [0.2, 0.25) is 0 Å². The highest BCUT2D eigenvalue weighted by molar-refractivity contribution is 6.30. The Bertz CT molecular complexity index is 1510. The Morgan fingerprint density at radius 3 is 1.93 bits per heavy atom. The van der Waals surface area contributed by atoms with Crippen LogP contribution >= 0.6 is 11.6 Å². The van der Waals surface area contributed by atoms with Crippen LogP contribution < -0.4 is 4.74 Å². The molecule has 0 unspecified atom stereocenters. The van der Waals surface area contributed by atoms with Crippen LogP contribution in [-0.2, 0) is 21.0 Å². The second-order valence-electron chi connectivity index (χ2n) is 13.0. The number of rotatable bonds is 7. The van der Waals surface area contributed by atoms with Crippen LogP contribution in [0.2, 0.25) is 5.02 Å². The highest BCUT2D eigenvalue weighted by Gasteiger charge is 2.49. The van der Waals surface area contributed by atoms with Crippen LogP contribution in [0, 0.1) is 10.8 Å². The number of aliphatic carboxylic acids is 1. The number of ether oxygens (including phenoxy) is 1. The van der Waals surface area contributed by atoms with Crippen LogP contribution in [-0.4, -0.2) is 45.2 Å².